The number of amides is 1. The van der Waals surface area contributed by atoms with Gasteiger partial charge in [-0.05, 0) is 30.7 Å². The third kappa shape index (κ3) is 11.9. The lowest BCUT2D eigenvalue weighted by molar-refractivity contribution is -0.134. The molecule has 4 rings (SSSR count). The normalized spacial score (nSPS) is 13.8. The number of nitrogens with zero attached hydrogens (tertiary/aromatic N) is 5. The van der Waals surface area contributed by atoms with Crippen molar-refractivity contribution >= 4 is 28.7 Å². The zero-order chi connectivity index (χ0) is 34.0. The number of carbonyl (C=O) groups is 1. The van der Waals surface area contributed by atoms with Gasteiger partial charge in [0.25, 0.3) is 0 Å². The Kier molecular flexibility index (Phi) is 16.2. The molecule has 48 heavy (non-hydrogen) atoms. The van der Waals surface area contributed by atoms with Crippen molar-refractivity contribution in [2.45, 2.75) is 52.6 Å². The van der Waals surface area contributed by atoms with Crippen LogP contribution in [-0.4, -0.2) is 123 Å². The first-order valence-electron chi connectivity index (χ1n) is 17.5. The van der Waals surface area contributed by atoms with Crippen LogP contribution in [0.15, 0.2) is 30.5 Å². The van der Waals surface area contributed by atoms with E-state index in [1.807, 2.05) is 17.2 Å². The second-order valence-electron chi connectivity index (χ2n) is 12.0. The van der Waals surface area contributed by atoms with Gasteiger partial charge in [-0.25, -0.2) is 4.98 Å². The van der Waals surface area contributed by atoms with Gasteiger partial charge in [0, 0.05) is 57.6 Å². The van der Waals surface area contributed by atoms with Crippen LogP contribution < -0.4 is 21.1 Å². The van der Waals surface area contributed by atoms with E-state index >= 15 is 0 Å². The average molecular weight is 669 g/mol. The summed E-state index contributed by atoms with van der Waals surface area (Å²) in [6.07, 6.45) is 5.81. The van der Waals surface area contributed by atoms with Crippen molar-refractivity contribution in [2.75, 3.05) is 104 Å². The summed E-state index contributed by atoms with van der Waals surface area (Å²) in [5.74, 6) is 2.01. The number of ether oxygens (including phenoxy) is 4. The molecule has 1 aromatic carbocycles. The van der Waals surface area contributed by atoms with Gasteiger partial charge in [-0.15, -0.1) is 0 Å². The number of nitrogens with one attached hydrogen (secondary N) is 2. The molecule has 0 saturated carbocycles. The number of carbonyl (C=O) groups excluding carboxylic acids is 1. The van der Waals surface area contributed by atoms with Crippen molar-refractivity contribution in [3.05, 3.63) is 41.6 Å². The van der Waals surface area contributed by atoms with Crippen molar-refractivity contribution in [1.82, 2.24) is 29.7 Å². The Morgan fingerprint density at radius 2 is 1.65 bits per heavy atom. The van der Waals surface area contributed by atoms with Gasteiger partial charge in [0.05, 0.1) is 65.2 Å². The molecule has 0 radical (unpaired) electrons. The molecule has 13 heteroatoms. The molecule has 0 unspecified atom stereocenters. The Labute approximate surface area is 285 Å². The molecular formula is C35H56N8O5. The number of hydrogen-bond acceptors (Lipinski definition) is 11. The Hall–Kier alpha value is -3.49. The minimum Gasteiger partial charge on any atom is -0.496 e. The topological polar surface area (TPSA) is 141 Å². The van der Waals surface area contributed by atoms with Crippen LogP contribution in [0.4, 0.5) is 11.8 Å². The molecule has 0 bridgehead atoms. The molecule has 3 aromatic rings. The average Bonchev–Trinajstić information content (AvgIpc) is 3.50. The van der Waals surface area contributed by atoms with Gasteiger partial charge in [-0.3, -0.25) is 9.69 Å². The number of unbranched alkanes of at least 4 members (excludes halogenated alkanes) is 2. The second-order valence-corrected chi connectivity index (χ2v) is 12.0. The van der Waals surface area contributed by atoms with Crippen molar-refractivity contribution in [1.29, 1.82) is 0 Å². The number of methoxy groups -OCH3 is 1. The number of hydrogen-bond donors (Lipinski definition) is 3. The summed E-state index contributed by atoms with van der Waals surface area (Å²) < 4.78 is 24.6. The van der Waals surface area contributed by atoms with E-state index in [2.05, 4.69) is 62.1 Å². The molecule has 0 spiro atoms. The Balaban J connectivity index is 1.18. The van der Waals surface area contributed by atoms with E-state index in [0.717, 1.165) is 86.7 Å². The summed E-state index contributed by atoms with van der Waals surface area (Å²) in [7, 11) is 1.71. The first-order valence-corrected chi connectivity index (χ1v) is 17.5. The lowest BCUT2D eigenvalue weighted by Crippen LogP contribution is -2.48. The standard InChI is InChI=1S/C35H56N8O5/c1-4-6-7-12-38-34-33-30(39-35(36)40-34)10-14-43(33)27-29-9-8-28(25-31(29)45-3)26-41-15-17-42(18-16-41)32(44)11-19-46-21-23-48-24-22-47-20-13-37-5-2/h8-10,14,25,37H,4-7,11-13,15-24,26-27H2,1-3H3,(H3,36,38,39,40). The minimum atomic E-state index is 0.139. The minimum absolute atomic E-state index is 0.139. The summed E-state index contributed by atoms with van der Waals surface area (Å²) in [5.41, 5.74) is 10.0. The third-order valence-corrected chi connectivity index (χ3v) is 8.40. The maximum Gasteiger partial charge on any atom is 0.224 e. The fraction of sp³-hybridized carbons (Fsp3) is 0.629. The number of rotatable bonds is 23. The van der Waals surface area contributed by atoms with Gasteiger partial charge in [0.15, 0.2) is 5.82 Å². The number of likely N-dealkylation sites (N-methyl/N-ethyl adjacent to an activating group) is 1. The van der Waals surface area contributed by atoms with Crippen LogP contribution in [0, 0.1) is 0 Å². The molecule has 2 aromatic heterocycles. The van der Waals surface area contributed by atoms with E-state index in [4.69, 9.17) is 24.7 Å². The van der Waals surface area contributed by atoms with Gasteiger partial charge < -0.3 is 44.8 Å². The van der Waals surface area contributed by atoms with Gasteiger partial charge in [0.2, 0.25) is 11.9 Å². The SMILES string of the molecule is CCCCCNc1nc(N)nc2ccn(Cc3ccc(CN4CCN(C(=O)CCOCCOCCOCCNCC)CC4)cc3OC)c12. The lowest BCUT2D eigenvalue weighted by Gasteiger charge is -2.35. The first kappa shape index (κ1) is 37.3. The molecule has 3 heterocycles. The highest BCUT2D eigenvalue weighted by molar-refractivity contribution is 5.87. The van der Waals surface area contributed by atoms with E-state index in [1.165, 1.54) is 5.56 Å². The largest absolute Gasteiger partial charge is 0.496 e. The number of nitrogen functional groups attached to an aromatic ring is 1. The maximum absolute atomic E-state index is 12.7. The summed E-state index contributed by atoms with van der Waals surface area (Å²) in [4.78, 5) is 26.0. The molecule has 1 aliphatic rings. The van der Waals surface area contributed by atoms with Crippen molar-refractivity contribution < 1.29 is 23.7 Å². The number of piperazine rings is 1. The highest BCUT2D eigenvalue weighted by Gasteiger charge is 2.21. The van der Waals surface area contributed by atoms with Crippen LogP contribution in [0.2, 0.25) is 0 Å². The molecular weight excluding hydrogens is 612 g/mol. The Bertz CT molecular complexity index is 1380. The van der Waals surface area contributed by atoms with Crippen LogP contribution >= 0.6 is 0 Å². The zero-order valence-corrected chi connectivity index (χ0v) is 29.2. The highest BCUT2D eigenvalue weighted by Crippen LogP contribution is 2.27. The summed E-state index contributed by atoms with van der Waals surface area (Å²) in [5, 5.41) is 6.68. The smallest absolute Gasteiger partial charge is 0.224 e. The Morgan fingerprint density at radius 1 is 0.896 bits per heavy atom. The summed E-state index contributed by atoms with van der Waals surface area (Å²) >= 11 is 0. The van der Waals surface area contributed by atoms with Crippen molar-refractivity contribution in [3.63, 3.8) is 0 Å². The quantitative estimate of drug-likeness (QED) is 0.128. The van der Waals surface area contributed by atoms with E-state index in [1.54, 1.807) is 7.11 Å². The van der Waals surface area contributed by atoms with Crippen LogP contribution in [0.5, 0.6) is 5.75 Å². The van der Waals surface area contributed by atoms with Crippen LogP contribution in [0.3, 0.4) is 0 Å². The molecule has 0 atom stereocenters. The third-order valence-electron chi connectivity index (χ3n) is 8.40. The van der Waals surface area contributed by atoms with Gasteiger partial charge >= 0.3 is 0 Å². The predicted octanol–water partition coefficient (Wildman–Crippen LogP) is 3.37. The van der Waals surface area contributed by atoms with E-state index in [-0.39, 0.29) is 11.9 Å². The van der Waals surface area contributed by atoms with Crippen LogP contribution in [0.1, 0.15) is 50.7 Å². The monoisotopic (exact) mass is 668 g/mol. The highest BCUT2D eigenvalue weighted by atomic mass is 16.5. The molecule has 1 fully saturated rings. The zero-order valence-electron chi connectivity index (χ0n) is 29.2. The molecule has 4 N–H and O–H groups in total. The number of anilines is 2. The van der Waals surface area contributed by atoms with Crippen molar-refractivity contribution in [3.8, 4) is 5.75 Å². The second kappa shape index (κ2) is 20.8. The number of nitrogens with two attached hydrogens (primary N) is 1. The molecule has 266 valence electrons. The molecule has 13 nitrogen and oxygen atoms in total. The van der Waals surface area contributed by atoms with E-state index in [9.17, 15) is 4.79 Å². The fourth-order valence-corrected chi connectivity index (χ4v) is 5.76. The van der Waals surface area contributed by atoms with Crippen LogP contribution in [0.25, 0.3) is 11.0 Å². The summed E-state index contributed by atoms with van der Waals surface area (Å²) in [6, 6.07) is 8.40. The van der Waals surface area contributed by atoms with Gasteiger partial charge in [-0.2, -0.15) is 4.98 Å². The predicted molar refractivity (Wildman–Crippen MR) is 190 cm³/mol. The lowest BCUT2D eigenvalue weighted by atomic mass is 10.1. The van der Waals surface area contributed by atoms with Gasteiger partial charge in [0.1, 0.15) is 11.3 Å². The van der Waals surface area contributed by atoms with E-state index in [0.29, 0.717) is 65.7 Å². The van der Waals surface area contributed by atoms with Gasteiger partial charge in [-0.1, -0.05) is 38.8 Å². The first-order chi connectivity index (χ1) is 23.5. The number of fused-ring (bicyclic) bond motifs is 1. The molecule has 1 aliphatic heterocycles. The van der Waals surface area contributed by atoms with Crippen molar-refractivity contribution in [2.24, 2.45) is 0 Å². The fourth-order valence-electron chi connectivity index (χ4n) is 5.76. The number of aromatic nitrogens is 3. The number of benzene rings is 1. The summed E-state index contributed by atoms with van der Waals surface area (Å²) in [6.45, 7) is 14.6. The maximum atomic E-state index is 12.7. The molecule has 0 aliphatic carbocycles. The van der Waals surface area contributed by atoms with E-state index < -0.39 is 0 Å². The molecule has 1 saturated heterocycles. The van der Waals surface area contributed by atoms with Crippen LogP contribution in [-0.2, 0) is 32.1 Å². The molecule has 1 amide bonds. The Morgan fingerprint density at radius 3 is 2.38 bits per heavy atom.